The third-order valence-electron chi connectivity index (χ3n) is 5.13. The molecular weight excluding hydrogens is 370 g/mol. The van der Waals surface area contributed by atoms with Crippen molar-refractivity contribution in [3.63, 3.8) is 0 Å². The number of hydrogen-bond donors (Lipinski definition) is 2. The SMILES string of the molecule is CC(C)(C)c1ccc(-c2n[nH]c(C3CC3)c2NC(=O)c2cccc(Cl)c2)cc1. The van der Waals surface area contributed by atoms with Crippen LogP contribution in [-0.2, 0) is 5.41 Å². The summed E-state index contributed by atoms with van der Waals surface area (Å²) in [5, 5.41) is 11.3. The van der Waals surface area contributed by atoms with Crippen LogP contribution in [0.3, 0.4) is 0 Å². The lowest BCUT2D eigenvalue weighted by atomic mass is 9.86. The van der Waals surface area contributed by atoms with Crippen LogP contribution in [0.15, 0.2) is 48.5 Å². The zero-order valence-corrected chi connectivity index (χ0v) is 17.1. The number of nitrogens with one attached hydrogen (secondary N) is 2. The molecule has 1 saturated carbocycles. The Bertz CT molecular complexity index is 1010. The number of hydrogen-bond acceptors (Lipinski definition) is 2. The number of H-pyrrole nitrogens is 1. The Morgan fingerprint density at radius 2 is 1.86 bits per heavy atom. The Hall–Kier alpha value is -2.59. The van der Waals surface area contributed by atoms with Crippen molar-refractivity contribution in [3.8, 4) is 11.3 Å². The second-order valence-corrected chi connectivity index (χ2v) is 8.86. The third-order valence-corrected chi connectivity index (χ3v) is 5.36. The molecule has 4 nitrogen and oxygen atoms in total. The summed E-state index contributed by atoms with van der Waals surface area (Å²) in [6, 6.07) is 15.4. The molecule has 1 fully saturated rings. The summed E-state index contributed by atoms with van der Waals surface area (Å²) in [5.74, 6) is 0.253. The van der Waals surface area contributed by atoms with Gasteiger partial charge in [0.05, 0.1) is 11.4 Å². The van der Waals surface area contributed by atoms with Gasteiger partial charge in [0.2, 0.25) is 0 Å². The normalized spacial score (nSPS) is 14.1. The van der Waals surface area contributed by atoms with Crippen LogP contribution in [0.25, 0.3) is 11.3 Å². The van der Waals surface area contributed by atoms with Crippen molar-refractivity contribution < 1.29 is 4.79 Å². The van der Waals surface area contributed by atoms with Crippen LogP contribution < -0.4 is 5.32 Å². The van der Waals surface area contributed by atoms with Crippen molar-refractivity contribution in [1.82, 2.24) is 10.2 Å². The highest BCUT2D eigenvalue weighted by molar-refractivity contribution is 6.31. The van der Waals surface area contributed by atoms with Crippen LogP contribution in [0.1, 0.15) is 61.1 Å². The predicted molar refractivity (Wildman–Crippen MR) is 114 cm³/mol. The lowest BCUT2D eigenvalue weighted by Crippen LogP contribution is -2.13. The molecule has 2 N–H and O–H groups in total. The molecule has 1 aliphatic rings. The summed E-state index contributed by atoms with van der Waals surface area (Å²) in [7, 11) is 0. The van der Waals surface area contributed by atoms with Crippen molar-refractivity contribution in [1.29, 1.82) is 0 Å². The third kappa shape index (κ3) is 3.83. The Kier molecular flexibility index (Phi) is 4.76. The molecule has 5 heteroatoms. The van der Waals surface area contributed by atoms with E-state index in [4.69, 9.17) is 11.6 Å². The van der Waals surface area contributed by atoms with Crippen LogP contribution in [0.4, 0.5) is 5.69 Å². The molecule has 1 heterocycles. The highest BCUT2D eigenvalue weighted by atomic mass is 35.5. The molecule has 3 aromatic rings. The van der Waals surface area contributed by atoms with Gasteiger partial charge in [0, 0.05) is 22.1 Å². The van der Waals surface area contributed by atoms with E-state index in [1.54, 1.807) is 24.3 Å². The standard InChI is InChI=1S/C23H24ClN3O/c1-23(2,3)17-11-9-15(10-12-17)20-21(19(26-27-20)14-7-8-14)25-22(28)16-5-4-6-18(24)13-16/h4-6,9-14H,7-8H2,1-3H3,(H,25,28)(H,26,27). The summed E-state index contributed by atoms with van der Waals surface area (Å²) in [4.78, 5) is 12.8. The van der Waals surface area contributed by atoms with Crippen molar-refractivity contribution >= 4 is 23.2 Å². The summed E-state index contributed by atoms with van der Waals surface area (Å²) in [6.45, 7) is 6.58. The molecule has 28 heavy (non-hydrogen) atoms. The van der Waals surface area contributed by atoms with Gasteiger partial charge >= 0.3 is 0 Å². The minimum Gasteiger partial charge on any atom is -0.319 e. The summed E-state index contributed by atoms with van der Waals surface area (Å²) in [5.41, 5.74) is 5.42. The first kappa shape index (κ1) is 18.8. The second kappa shape index (κ2) is 7.10. The number of rotatable bonds is 4. The highest BCUT2D eigenvalue weighted by Gasteiger charge is 2.31. The fraction of sp³-hybridized carbons (Fsp3) is 0.304. The summed E-state index contributed by atoms with van der Waals surface area (Å²) >= 11 is 6.04. The van der Waals surface area contributed by atoms with Gasteiger partial charge in [-0.3, -0.25) is 9.89 Å². The fourth-order valence-electron chi connectivity index (χ4n) is 3.30. The van der Waals surface area contributed by atoms with Gasteiger partial charge in [-0.25, -0.2) is 0 Å². The maximum atomic E-state index is 12.8. The minimum absolute atomic E-state index is 0.0902. The number of anilines is 1. The van der Waals surface area contributed by atoms with E-state index in [-0.39, 0.29) is 11.3 Å². The van der Waals surface area contributed by atoms with Gasteiger partial charge in [-0.15, -0.1) is 0 Å². The molecule has 0 saturated heterocycles. The molecule has 0 unspecified atom stereocenters. The maximum absolute atomic E-state index is 12.8. The van der Waals surface area contributed by atoms with E-state index in [9.17, 15) is 4.79 Å². The number of aromatic nitrogens is 2. The quantitative estimate of drug-likeness (QED) is 0.557. The smallest absolute Gasteiger partial charge is 0.255 e. The number of halogens is 1. The Morgan fingerprint density at radius 1 is 1.14 bits per heavy atom. The first-order valence-corrected chi connectivity index (χ1v) is 9.97. The topological polar surface area (TPSA) is 57.8 Å². The average molecular weight is 394 g/mol. The van der Waals surface area contributed by atoms with E-state index in [0.29, 0.717) is 16.5 Å². The second-order valence-electron chi connectivity index (χ2n) is 8.43. The number of aromatic amines is 1. The first-order valence-electron chi connectivity index (χ1n) is 9.59. The van der Waals surface area contributed by atoms with E-state index >= 15 is 0 Å². The molecule has 0 spiro atoms. The molecular formula is C23H24ClN3O. The molecule has 4 rings (SSSR count). The molecule has 1 amide bonds. The van der Waals surface area contributed by atoms with Gasteiger partial charge in [-0.05, 0) is 42.0 Å². The zero-order chi connectivity index (χ0) is 19.9. The van der Waals surface area contributed by atoms with Gasteiger partial charge in [0.15, 0.2) is 0 Å². The van der Waals surface area contributed by atoms with Crippen LogP contribution in [-0.4, -0.2) is 16.1 Å². The molecule has 144 valence electrons. The van der Waals surface area contributed by atoms with Gasteiger partial charge in [-0.1, -0.05) is 62.7 Å². The van der Waals surface area contributed by atoms with Gasteiger partial charge in [-0.2, -0.15) is 5.10 Å². The van der Waals surface area contributed by atoms with E-state index < -0.39 is 0 Å². The van der Waals surface area contributed by atoms with E-state index in [0.717, 1.165) is 35.5 Å². The largest absolute Gasteiger partial charge is 0.319 e. The number of benzene rings is 2. The predicted octanol–water partition coefficient (Wildman–Crippen LogP) is 6.16. The van der Waals surface area contributed by atoms with E-state index in [1.165, 1.54) is 5.56 Å². The van der Waals surface area contributed by atoms with Crippen LogP contribution in [0.5, 0.6) is 0 Å². The fourth-order valence-corrected chi connectivity index (χ4v) is 3.49. The van der Waals surface area contributed by atoms with Crippen LogP contribution in [0.2, 0.25) is 5.02 Å². The average Bonchev–Trinajstić information content (AvgIpc) is 3.42. The minimum atomic E-state index is -0.182. The lowest BCUT2D eigenvalue weighted by molar-refractivity contribution is 0.102. The monoisotopic (exact) mass is 393 g/mol. The van der Waals surface area contributed by atoms with Crippen LogP contribution >= 0.6 is 11.6 Å². The molecule has 0 aliphatic heterocycles. The molecule has 2 aromatic carbocycles. The highest BCUT2D eigenvalue weighted by Crippen LogP contribution is 2.45. The summed E-state index contributed by atoms with van der Waals surface area (Å²) in [6.07, 6.45) is 2.23. The van der Waals surface area contributed by atoms with Crippen molar-refractivity contribution in [2.75, 3.05) is 5.32 Å². The van der Waals surface area contributed by atoms with E-state index in [2.05, 4.69) is 60.6 Å². The van der Waals surface area contributed by atoms with Crippen LogP contribution in [0, 0.1) is 0 Å². The maximum Gasteiger partial charge on any atom is 0.255 e. The van der Waals surface area contributed by atoms with Gasteiger partial charge in [0.25, 0.3) is 5.91 Å². The molecule has 1 aliphatic carbocycles. The lowest BCUT2D eigenvalue weighted by Gasteiger charge is -2.19. The number of carbonyl (C=O) groups is 1. The molecule has 0 atom stereocenters. The Morgan fingerprint density at radius 3 is 2.46 bits per heavy atom. The van der Waals surface area contributed by atoms with Crippen molar-refractivity contribution in [2.24, 2.45) is 0 Å². The van der Waals surface area contributed by atoms with Gasteiger partial charge < -0.3 is 5.32 Å². The number of carbonyl (C=O) groups excluding carboxylic acids is 1. The van der Waals surface area contributed by atoms with Gasteiger partial charge in [0.1, 0.15) is 5.69 Å². The molecule has 0 bridgehead atoms. The molecule has 0 radical (unpaired) electrons. The van der Waals surface area contributed by atoms with E-state index in [1.807, 2.05) is 0 Å². The molecule has 1 aromatic heterocycles. The zero-order valence-electron chi connectivity index (χ0n) is 16.3. The first-order chi connectivity index (χ1) is 13.3. The summed E-state index contributed by atoms with van der Waals surface area (Å²) < 4.78 is 0. The Labute approximate surface area is 170 Å². The number of amides is 1. The number of nitrogens with zero attached hydrogens (tertiary/aromatic N) is 1. The Balaban J connectivity index is 1.68. The van der Waals surface area contributed by atoms with Crippen molar-refractivity contribution in [2.45, 2.75) is 44.9 Å². The van der Waals surface area contributed by atoms with Crippen molar-refractivity contribution in [3.05, 3.63) is 70.4 Å².